The molecule has 0 bridgehead atoms. The van der Waals surface area contributed by atoms with Crippen molar-refractivity contribution in [1.82, 2.24) is 0 Å². The minimum Gasteiger partial charge on any atom is -0.465 e. The van der Waals surface area contributed by atoms with E-state index in [1.165, 1.54) is 6.92 Å². The van der Waals surface area contributed by atoms with Gasteiger partial charge in [-0.05, 0) is 53.5 Å². The van der Waals surface area contributed by atoms with Crippen molar-refractivity contribution in [3.05, 3.63) is 22.6 Å². The fourth-order valence-corrected chi connectivity index (χ4v) is 4.74. The molecule has 0 amide bonds. The van der Waals surface area contributed by atoms with Crippen molar-refractivity contribution >= 4 is 25.3 Å². The van der Waals surface area contributed by atoms with Crippen molar-refractivity contribution in [1.29, 1.82) is 0 Å². The molecule has 9 nitrogen and oxygen atoms in total. The van der Waals surface area contributed by atoms with E-state index in [0.29, 0.717) is 11.3 Å². The van der Waals surface area contributed by atoms with E-state index in [1.54, 1.807) is 34.6 Å². The van der Waals surface area contributed by atoms with Crippen molar-refractivity contribution in [3.8, 4) is 0 Å². The molecule has 0 N–H and O–H groups in total. The molecule has 10 heteroatoms. The number of carbonyl (C=O) groups is 3. The largest absolute Gasteiger partial charge is 0.465 e. The van der Waals surface area contributed by atoms with E-state index in [0.717, 1.165) is 0 Å². The summed E-state index contributed by atoms with van der Waals surface area (Å²) in [6, 6.07) is 0. The zero-order valence-corrected chi connectivity index (χ0v) is 19.3. The van der Waals surface area contributed by atoms with Crippen LogP contribution in [-0.2, 0) is 45.3 Å². The van der Waals surface area contributed by atoms with Crippen LogP contribution in [0.5, 0.6) is 0 Å². The van der Waals surface area contributed by atoms with Gasteiger partial charge < -0.3 is 22.9 Å². The SMILES string of the molecule is CCOC(=O)c1oc(C)c(CC(C(C)=O)C(=O)OCC)c1CP(=O)(OCC)OCC. The van der Waals surface area contributed by atoms with E-state index < -0.39 is 31.2 Å². The van der Waals surface area contributed by atoms with Gasteiger partial charge in [-0.2, -0.15) is 0 Å². The normalized spacial score (nSPS) is 12.5. The summed E-state index contributed by atoms with van der Waals surface area (Å²) in [5.74, 6) is -2.73. The van der Waals surface area contributed by atoms with Gasteiger partial charge in [0.1, 0.15) is 17.5 Å². The second-order valence-electron chi connectivity index (χ2n) is 6.39. The molecule has 0 spiro atoms. The Labute approximate surface area is 176 Å². The molecule has 1 unspecified atom stereocenters. The van der Waals surface area contributed by atoms with Crippen LogP contribution in [0.4, 0.5) is 0 Å². The van der Waals surface area contributed by atoms with Gasteiger partial charge in [-0.1, -0.05) is 0 Å². The Bertz CT molecular complexity index is 786. The summed E-state index contributed by atoms with van der Waals surface area (Å²) in [5, 5.41) is 0. The molecule has 0 fully saturated rings. The minimum atomic E-state index is -3.61. The van der Waals surface area contributed by atoms with Gasteiger partial charge >= 0.3 is 19.5 Å². The van der Waals surface area contributed by atoms with Crippen molar-refractivity contribution < 1.29 is 41.9 Å². The van der Waals surface area contributed by atoms with Crippen LogP contribution in [0.1, 0.15) is 62.1 Å². The summed E-state index contributed by atoms with van der Waals surface area (Å²) < 4.78 is 39.5. The number of hydrogen-bond acceptors (Lipinski definition) is 9. The Morgan fingerprint density at radius 1 is 0.933 bits per heavy atom. The highest BCUT2D eigenvalue weighted by molar-refractivity contribution is 7.53. The number of hydrogen-bond donors (Lipinski definition) is 0. The number of esters is 2. The van der Waals surface area contributed by atoms with Gasteiger partial charge in [0, 0.05) is 5.56 Å². The third kappa shape index (κ3) is 6.79. The third-order valence-electron chi connectivity index (χ3n) is 4.25. The molecule has 1 atom stereocenters. The Balaban J connectivity index is 3.50. The molecule has 0 aliphatic rings. The van der Waals surface area contributed by atoms with Crippen LogP contribution >= 0.6 is 7.60 Å². The maximum atomic E-state index is 13.1. The number of furan rings is 1. The summed E-state index contributed by atoms with van der Waals surface area (Å²) in [5.41, 5.74) is 0.651. The summed E-state index contributed by atoms with van der Waals surface area (Å²) >= 11 is 0. The highest BCUT2D eigenvalue weighted by atomic mass is 31.2. The highest BCUT2D eigenvalue weighted by Crippen LogP contribution is 2.53. The Kier molecular flexibility index (Phi) is 10.5. The molecule has 1 rings (SSSR count). The third-order valence-corrected chi connectivity index (χ3v) is 6.26. The first-order chi connectivity index (χ1) is 14.1. The lowest BCUT2D eigenvalue weighted by Gasteiger charge is -2.18. The summed E-state index contributed by atoms with van der Waals surface area (Å²) in [6.45, 7) is 10.0. The maximum Gasteiger partial charge on any atom is 0.374 e. The van der Waals surface area contributed by atoms with Crippen molar-refractivity contribution in [2.24, 2.45) is 5.92 Å². The van der Waals surface area contributed by atoms with Gasteiger partial charge in [-0.15, -0.1) is 0 Å². The first kappa shape index (κ1) is 26.1. The Hall–Kier alpha value is -1.96. The topological polar surface area (TPSA) is 118 Å². The number of ketones is 1. The van der Waals surface area contributed by atoms with Gasteiger partial charge in [-0.3, -0.25) is 14.2 Å². The second kappa shape index (κ2) is 12.0. The lowest BCUT2D eigenvalue weighted by atomic mass is 9.93. The van der Waals surface area contributed by atoms with Crippen LogP contribution in [0.15, 0.2) is 4.42 Å². The Morgan fingerprint density at radius 3 is 1.97 bits per heavy atom. The first-order valence-corrected chi connectivity index (χ1v) is 11.7. The summed E-state index contributed by atoms with van der Waals surface area (Å²) in [7, 11) is -3.61. The maximum absolute atomic E-state index is 13.1. The number of Topliss-reactive ketones (excluding diaryl/α,β-unsaturated/α-hetero) is 1. The standard InChI is InChI=1S/C20H31O9P/c1-7-25-19(22)15(13(5)21)11-16-14(6)29-18(20(23)26-8-2)17(16)12-30(24,27-9-3)28-10-4/h15H,7-12H2,1-6H3. The molecule has 1 aromatic rings. The molecule has 1 aromatic heterocycles. The molecule has 0 aliphatic carbocycles. The number of rotatable bonds is 13. The first-order valence-electron chi connectivity index (χ1n) is 9.97. The fourth-order valence-electron chi connectivity index (χ4n) is 2.98. The smallest absolute Gasteiger partial charge is 0.374 e. The number of carbonyl (C=O) groups excluding carboxylic acids is 3. The zero-order chi connectivity index (χ0) is 22.9. The van der Waals surface area contributed by atoms with Crippen molar-refractivity contribution in [2.45, 2.75) is 54.1 Å². The average Bonchev–Trinajstić information content (AvgIpc) is 2.95. The van der Waals surface area contributed by atoms with Crippen LogP contribution in [0.3, 0.4) is 0 Å². The molecule has 1 heterocycles. The van der Waals surface area contributed by atoms with E-state index in [4.69, 9.17) is 22.9 Å². The van der Waals surface area contributed by atoms with Crippen molar-refractivity contribution in [3.63, 3.8) is 0 Å². The minimum absolute atomic E-state index is 0.0729. The van der Waals surface area contributed by atoms with Crippen LogP contribution in [0.25, 0.3) is 0 Å². The van der Waals surface area contributed by atoms with E-state index >= 15 is 0 Å². The Morgan fingerprint density at radius 2 is 1.50 bits per heavy atom. The molecule has 30 heavy (non-hydrogen) atoms. The summed E-state index contributed by atoms with van der Waals surface area (Å²) in [4.78, 5) is 36.8. The molecule has 0 radical (unpaired) electrons. The van der Waals surface area contributed by atoms with E-state index in [-0.39, 0.29) is 50.3 Å². The molecule has 0 saturated heterocycles. The van der Waals surface area contributed by atoms with E-state index in [1.807, 2.05) is 0 Å². The lowest BCUT2D eigenvalue weighted by molar-refractivity contribution is -0.151. The molecular formula is C20H31O9P. The van der Waals surface area contributed by atoms with Gasteiger partial charge in [-0.25, -0.2) is 4.79 Å². The lowest BCUT2D eigenvalue weighted by Crippen LogP contribution is -2.27. The number of aryl methyl sites for hydroxylation is 1. The molecule has 0 saturated carbocycles. The van der Waals surface area contributed by atoms with Crippen LogP contribution in [-0.4, -0.2) is 44.1 Å². The fraction of sp³-hybridized carbons (Fsp3) is 0.650. The van der Waals surface area contributed by atoms with Crippen LogP contribution in [0, 0.1) is 12.8 Å². The van der Waals surface area contributed by atoms with Gasteiger partial charge in [0.2, 0.25) is 5.76 Å². The summed E-state index contributed by atoms with van der Waals surface area (Å²) in [6.07, 6.45) is -0.334. The quantitative estimate of drug-likeness (QED) is 0.253. The molecule has 170 valence electrons. The molecule has 0 aromatic carbocycles. The van der Waals surface area contributed by atoms with Crippen molar-refractivity contribution in [2.75, 3.05) is 26.4 Å². The van der Waals surface area contributed by atoms with E-state index in [9.17, 15) is 18.9 Å². The van der Waals surface area contributed by atoms with Gasteiger partial charge in [0.05, 0.1) is 32.6 Å². The zero-order valence-electron chi connectivity index (χ0n) is 18.4. The highest BCUT2D eigenvalue weighted by Gasteiger charge is 2.35. The predicted octanol–water partition coefficient (Wildman–Crippen LogP) is 3.84. The average molecular weight is 446 g/mol. The molecular weight excluding hydrogens is 415 g/mol. The van der Waals surface area contributed by atoms with E-state index in [2.05, 4.69) is 0 Å². The molecule has 0 aliphatic heterocycles. The number of ether oxygens (including phenoxy) is 2. The second-order valence-corrected chi connectivity index (χ2v) is 8.44. The van der Waals surface area contributed by atoms with Crippen LogP contribution < -0.4 is 0 Å². The predicted molar refractivity (Wildman–Crippen MR) is 108 cm³/mol. The monoisotopic (exact) mass is 446 g/mol. The van der Waals surface area contributed by atoms with Gasteiger partial charge in [0.15, 0.2) is 0 Å². The van der Waals surface area contributed by atoms with Gasteiger partial charge in [0.25, 0.3) is 0 Å². The van der Waals surface area contributed by atoms with Crippen LogP contribution in [0.2, 0.25) is 0 Å².